The van der Waals surface area contributed by atoms with Gasteiger partial charge in [0.05, 0.1) is 35.4 Å². The third-order valence-corrected chi connectivity index (χ3v) is 5.01. The summed E-state index contributed by atoms with van der Waals surface area (Å²) >= 11 is 0. The summed E-state index contributed by atoms with van der Waals surface area (Å²) in [5.74, 6) is -3.58. The number of aromatic nitrogens is 1. The lowest BCUT2D eigenvalue weighted by molar-refractivity contribution is -0.143. The van der Waals surface area contributed by atoms with Crippen molar-refractivity contribution in [3.63, 3.8) is 0 Å². The molecule has 0 radical (unpaired) electrons. The van der Waals surface area contributed by atoms with Crippen molar-refractivity contribution in [2.75, 3.05) is 19.8 Å². The van der Waals surface area contributed by atoms with Crippen molar-refractivity contribution in [2.45, 2.75) is 33.7 Å². The maximum atomic E-state index is 13.0. The molecule has 0 saturated carbocycles. The molecule has 168 valence electrons. The van der Waals surface area contributed by atoms with Gasteiger partial charge in [-0.1, -0.05) is 0 Å². The highest BCUT2D eigenvalue weighted by Gasteiger charge is 2.38. The summed E-state index contributed by atoms with van der Waals surface area (Å²) < 4.78 is 11.2. The second kappa shape index (κ2) is 9.13. The lowest BCUT2D eigenvalue weighted by atomic mass is 10.0. The van der Waals surface area contributed by atoms with Crippen LogP contribution in [0.3, 0.4) is 0 Å². The van der Waals surface area contributed by atoms with Crippen molar-refractivity contribution in [1.82, 2.24) is 9.47 Å². The first-order valence-corrected chi connectivity index (χ1v) is 10.1. The largest absolute Gasteiger partial charge is 0.466 e. The molecular formula is C22H22N2O8. The molecule has 2 heterocycles. The van der Waals surface area contributed by atoms with E-state index in [4.69, 9.17) is 9.47 Å². The zero-order valence-electron chi connectivity index (χ0n) is 17.9. The highest BCUT2D eigenvalue weighted by atomic mass is 16.5. The fourth-order valence-electron chi connectivity index (χ4n) is 3.55. The monoisotopic (exact) mass is 442 g/mol. The second-order valence-electron chi connectivity index (χ2n) is 6.98. The van der Waals surface area contributed by atoms with Gasteiger partial charge in [-0.2, -0.15) is 0 Å². The van der Waals surface area contributed by atoms with Crippen LogP contribution in [0.15, 0.2) is 23.1 Å². The number of ether oxygens (including phenoxy) is 2. The number of aryl methyl sites for hydroxylation is 1. The number of Topliss-reactive ketones (excluding diaryl/α,β-unsaturated/α-hetero) is 1. The molecule has 10 heteroatoms. The number of carbonyl (C=O) groups is 5. The first-order chi connectivity index (χ1) is 15.2. The quantitative estimate of drug-likeness (QED) is 0.259. The van der Waals surface area contributed by atoms with E-state index in [2.05, 4.69) is 0 Å². The van der Waals surface area contributed by atoms with Crippen LogP contribution in [0.25, 0.3) is 10.9 Å². The minimum Gasteiger partial charge on any atom is -0.466 e. The molecule has 32 heavy (non-hydrogen) atoms. The molecule has 3 rings (SSSR count). The Labute approximate surface area is 182 Å². The van der Waals surface area contributed by atoms with Gasteiger partial charge in [0, 0.05) is 18.1 Å². The zero-order valence-corrected chi connectivity index (χ0v) is 17.9. The standard InChI is InChI=1S/C22H22N2O8/c1-4-23-10-15(17(25)9-18(26)31-5-2)20(28)14-7-12-13(8-16(14)23)22(30)24(21(12)29)11-19(27)32-6-3/h7-8,10H,4-6,9,11H2,1-3H3. The SMILES string of the molecule is CCOC(=O)CC(=O)c1cn(CC)c2cc3c(cc2c1=O)C(=O)N(CC(=O)OCC)C3=O. The van der Waals surface area contributed by atoms with Crippen LogP contribution in [0.1, 0.15) is 58.3 Å². The molecule has 0 aliphatic carbocycles. The first kappa shape index (κ1) is 22.9. The van der Waals surface area contributed by atoms with Crippen molar-refractivity contribution in [1.29, 1.82) is 0 Å². The molecule has 0 N–H and O–H groups in total. The second-order valence-corrected chi connectivity index (χ2v) is 6.98. The number of imide groups is 1. The Morgan fingerprint density at radius 1 is 0.875 bits per heavy atom. The lowest BCUT2D eigenvalue weighted by Gasteiger charge is -2.12. The molecule has 0 bridgehead atoms. The number of ketones is 1. The van der Waals surface area contributed by atoms with E-state index >= 15 is 0 Å². The topological polar surface area (TPSA) is 129 Å². The normalized spacial score (nSPS) is 12.8. The van der Waals surface area contributed by atoms with Gasteiger partial charge in [-0.05, 0) is 32.9 Å². The highest BCUT2D eigenvalue weighted by Crippen LogP contribution is 2.27. The summed E-state index contributed by atoms with van der Waals surface area (Å²) in [6.07, 6.45) is 0.740. The van der Waals surface area contributed by atoms with Gasteiger partial charge in [0.1, 0.15) is 13.0 Å². The molecule has 0 saturated heterocycles. The average molecular weight is 442 g/mol. The summed E-state index contributed by atoms with van der Waals surface area (Å²) in [7, 11) is 0. The van der Waals surface area contributed by atoms with Crippen LogP contribution < -0.4 is 5.43 Å². The molecule has 2 aromatic rings. The molecule has 0 atom stereocenters. The fraction of sp³-hybridized carbons (Fsp3) is 0.364. The summed E-state index contributed by atoms with van der Waals surface area (Å²) in [5.41, 5.74) is -0.512. The number of rotatable bonds is 8. The molecule has 1 aliphatic rings. The van der Waals surface area contributed by atoms with Crippen LogP contribution in [0.5, 0.6) is 0 Å². The molecule has 2 amide bonds. The van der Waals surface area contributed by atoms with Crippen LogP contribution in [-0.4, -0.2) is 58.8 Å². The van der Waals surface area contributed by atoms with E-state index < -0.39 is 47.9 Å². The Morgan fingerprint density at radius 2 is 1.47 bits per heavy atom. The number of fused-ring (bicyclic) bond motifs is 2. The van der Waals surface area contributed by atoms with Gasteiger partial charge >= 0.3 is 11.9 Å². The molecule has 1 aromatic carbocycles. The number of hydrogen-bond acceptors (Lipinski definition) is 8. The minimum atomic E-state index is -0.746. The van der Waals surface area contributed by atoms with E-state index in [9.17, 15) is 28.8 Å². The van der Waals surface area contributed by atoms with Crippen molar-refractivity contribution in [3.05, 3.63) is 45.2 Å². The Balaban J connectivity index is 2.09. The van der Waals surface area contributed by atoms with Gasteiger partial charge in [-0.3, -0.25) is 33.7 Å². The van der Waals surface area contributed by atoms with Crippen LogP contribution in [-0.2, 0) is 25.6 Å². The van der Waals surface area contributed by atoms with E-state index in [-0.39, 0.29) is 35.3 Å². The third-order valence-electron chi connectivity index (χ3n) is 5.01. The molecule has 0 unspecified atom stereocenters. The van der Waals surface area contributed by atoms with Crippen molar-refractivity contribution >= 4 is 40.4 Å². The summed E-state index contributed by atoms with van der Waals surface area (Å²) in [5, 5.41) is 0.0550. The Hall–Kier alpha value is -3.82. The number of carbonyl (C=O) groups excluding carboxylic acids is 5. The van der Waals surface area contributed by atoms with Crippen molar-refractivity contribution in [3.8, 4) is 0 Å². The summed E-state index contributed by atoms with van der Waals surface area (Å²) in [6, 6.07) is 2.66. The van der Waals surface area contributed by atoms with Crippen LogP contribution in [0.2, 0.25) is 0 Å². The average Bonchev–Trinajstić information content (AvgIpc) is 2.97. The minimum absolute atomic E-state index is 0.0402. The van der Waals surface area contributed by atoms with E-state index in [0.29, 0.717) is 12.1 Å². The smallest absolute Gasteiger partial charge is 0.326 e. The van der Waals surface area contributed by atoms with Crippen LogP contribution in [0.4, 0.5) is 0 Å². The van der Waals surface area contributed by atoms with Crippen molar-refractivity contribution < 1.29 is 33.4 Å². The molecular weight excluding hydrogens is 420 g/mol. The highest BCUT2D eigenvalue weighted by molar-refractivity contribution is 6.24. The molecule has 1 aliphatic heterocycles. The number of benzene rings is 1. The van der Waals surface area contributed by atoms with E-state index in [1.54, 1.807) is 25.3 Å². The maximum absolute atomic E-state index is 13.0. The fourth-order valence-corrected chi connectivity index (χ4v) is 3.55. The van der Waals surface area contributed by atoms with E-state index in [0.717, 1.165) is 4.90 Å². The summed E-state index contributed by atoms with van der Waals surface area (Å²) in [6.45, 7) is 5.00. The zero-order chi connectivity index (χ0) is 23.6. The lowest BCUT2D eigenvalue weighted by Crippen LogP contribution is -2.35. The number of hydrogen-bond donors (Lipinski definition) is 0. The predicted octanol–water partition coefficient (Wildman–Crippen LogP) is 1.32. The van der Waals surface area contributed by atoms with Gasteiger partial charge in [-0.15, -0.1) is 0 Å². The number of amides is 2. The van der Waals surface area contributed by atoms with Gasteiger partial charge < -0.3 is 14.0 Å². The molecule has 1 aromatic heterocycles. The summed E-state index contributed by atoms with van der Waals surface area (Å²) in [4.78, 5) is 75.3. The third kappa shape index (κ3) is 4.03. The van der Waals surface area contributed by atoms with Gasteiger partial charge in [0.25, 0.3) is 11.8 Å². The van der Waals surface area contributed by atoms with Gasteiger partial charge in [0.2, 0.25) is 0 Å². The van der Waals surface area contributed by atoms with Crippen LogP contribution >= 0.6 is 0 Å². The van der Waals surface area contributed by atoms with E-state index in [1.165, 1.54) is 18.3 Å². The number of esters is 2. The van der Waals surface area contributed by atoms with Crippen LogP contribution in [0, 0.1) is 0 Å². The maximum Gasteiger partial charge on any atom is 0.326 e. The Kier molecular flexibility index (Phi) is 6.52. The Morgan fingerprint density at radius 3 is 2.06 bits per heavy atom. The molecule has 0 fully saturated rings. The number of pyridine rings is 1. The molecule has 0 spiro atoms. The van der Waals surface area contributed by atoms with Crippen molar-refractivity contribution in [2.24, 2.45) is 0 Å². The van der Waals surface area contributed by atoms with Gasteiger partial charge in [-0.25, -0.2) is 0 Å². The number of nitrogens with zero attached hydrogens (tertiary/aromatic N) is 2. The Bertz CT molecular complexity index is 1210. The van der Waals surface area contributed by atoms with Gasteiger partial charge in [0.15, 0.2) is 11.2 Å². The first-order valence-electron chi connectivity index (χ1n) is 10.1. The molecule has 10 nitrogen and oxygen atoms in total. The predicted molar refractivity (Wildman–Crippen MR) is 111 cm³/mol. The van der Waals surface area contributed by atoms with E-state index in [1.807, 2.05) is 0 Å².